The molecule has 4 nitrogen and oxygen atoms in total. The molecule has 0 radical (unpaired) electrons. The fourth-order valence-electron chi connectivity index (χ4n) is 0.965. The molecule has 1 rings (SSSR count). The van der Waals surface area contributed by atoms with Crippen molar-refractivity contribution in [2.75, 3.05) is 13.7 Å². The van der Waals surface area contributed by atoms with E-state index in [0.717, 1.165) is 6.42 Å². The Balaban J connectivity index is 2.46. The molecule has 0 aromatic rings. The Morgan fingerprint density at radius 3 is 2.90 bits per heavy atom. The summed E-state index contributed by atoms with van der Waals surface area (Å²) in [6, 6.07) is -0.188. The van der Waals surface area contributed by atoms with Gasteiger partial charge in [-0.2, -0.15) is 0 Å². The lowest BCUT2D eigenvalue weighted by Crippen LogP contribution is -2.37. The summed E-state index contributed by atoms with van der Waals surface area (Å²) in [6.07, 6.45) is 0.199. The zero-order valence-corrected chi connectivity index (χ0v) is 5.87. The minimum absolute atomic E-state index is 0.188. The monoisotopic (exact) mass is 145 g/mol. The number of carbonyl (C=O) groups is 1. The van der Waals surface area contributed by atoms with E-state index in [0.29, 0.717) is 6.61 Å². The van der Waals surface area contributed by atoms with Crippen LogP contribution in [0.1, 0.15) is 6.42 Å². The van der Waals surface area contributed by atoms with Crippen LogP contribution in [0.3, 0.4) is 0 Å². The molecule has 1 aliphatic heterocycles. The number of carbonyl (C=O) groups excluding carboxylic acids is 1. The van der Waals surface area contributed by atoms with Gasteiger partial charge >= 0.3 is 5.97 Å². The second-order valence-corrected chi connectivity index (χ2v) is 2.27. The number of hydrogen-bond acceptors (Lipinski definition) is 4. The molecule has 2 atom stereocenters. The molecule has 10 heavy (non-hydrogen) atoms. The van der Waals surface area contributed by atoms with E-state index in [1.165, 1.54) is 7.11 Å². The maximum atomic E-state index is 10.8. The molecule has 0 aliphatic carbocycles. The van der Waals surface area contributed by atoms with Crippen molar-refractivity contribution in [3.63, 3.8) is 0 Å². The Morgan fingerprint density at radius 2 is 2.50 bits per heavy atom. The standard InChI is InChI=1S/C6H11NO3/c1-9-6(8)5-4(7)2-3-10-5/h4-5H,2-3,7H2,1H3/t4-,5+/m1/s1. The first kappa shape index (κ1) is 7.50. The van der Waals surface area contributed by atoms with Gasteiger partial charge in [0.1, 0.15) is 0 Å². The molecule has 0 amide bonds. The molecule has 1 heterocycles. The average molecular weight is 145 g/mol. The van der Waals surface area contributed by atoms with Gasteiger partial charge in [-0.05, 0) is 6.42 Å². The van der Waals surface area contributed by atoms with Gasteiger partial charge in [0.05, 0.1) is 7.11 Å². The molecule has 1 saturated heterocycles. The topological polar surface area (TPSA) is 61.5 Å². The number of rotatable bonds is 1. The highest BCUT2D eigenvalue weighted by molar-refractivity contribution is 5.75. The van der Waals surface area contributed by atoms with Crippen LogP contribution in [-0.2, 0) is 14.3 Å². The highest BCUT2D eigenvalue weighted by Crippen LogP contribution is 2.11. The molecule has 1 fully saturated rings. The van der Waals surface area contributed by atoms with E-state index in [9.17, 15) is 4.79 Å². The van der Waals surface area contributed by atoms with Gasteiger partial charge in [0.25, 0.3) is 0 Å². The van der Waals surface area contributed by atoms with Crippen molar-refractivity contribution < 1.29 is 14.3 Å². The smallest absolute Gasteiger partial charge is 0.336 e. The van der Waals surface area contributed by atoms with Crippen LogP contribution >= 0.6 is 0 Å². The van der Waals surface area contributed by atoms with Crippen LogP contribution in [0.15, 0.2) is 0 Å². The van der Waals surface area contributed by atoms with Gasteiger partial charge in [-0.3, -0.25) is 0 Å². The van der Waals surface area contributed by atoms with Crippen LogP contribution in [-0.4, -0.2) is 31.8 Å². The summed E-state index contributed by atoms with van der Waals surface area (Å²) in [7, 11) is 1.33. The van der Waals surface area contributed by atoms with E-state index in [1.54, 1.807) is 0 Å². The minimum Gasteiger partial charge on any atom is -0.467 e. The summed E-state index contributed by atoms with van der Waals surface area (Å²) in [5, 5.41) is 0. The van der Waals surface area contributed by atoms with Crippen molar-refractivity contribution in [2.24, 2.45) is 5.73 Å². The van der Waals surface area contributed by atoms with Crippen LogP contribution in [0.5, 0.6) is 0 Å². The number of hydrogen-bond donors (Lipinski definition) is 1. The largest absolute Gasteiger partial charge is 0.467 e. The molecular weight excluding hydrogens is 134 g/mol. The molecular formula is C6H11NO3. The first-order valence-electron chi connectivity index (χ1n) is 3.20. The Morgan fingerprint density at radius 1 is 1.80 bits per heavy atom. The molecule has 2 N–H and O–H groups in total. The Labute approximate surface area is 59.3 Å². The van der Waals surface area contributed by atoms with Gasteiger partial charge in [0, 0.05) is 12.6 Å². The van der Waals surface area contributed by atoms with Gasteiger partial charge in [-0.1, -0.05) is 0 Å². The Hall–Kier alpha value is -0.610. The molecule has 0 aromatic carbocycles. The Bertz CT molecular complexity index is 137. The summed E-state index contributed by atoms with van der Waals surface area (Å²) in [4.78, 5) is 10.8. The quantitative estimate of drug-likeness (QED) is 0.494. The summed E-state index contributed by atoms with van der Waals surface area (Å²) in [5.74, 6) is -0.370. The number of nitrogens with two attached hydrogens (primary N) is 1. The third-order valence-electron chi connectivity index (χ3n) is 1.57. The van der Waals surface area contributed by atoms with E-state index in [-0.39, 0.29) is 12.0 Å². The molecule has 0 bridgehead atoms. The maximum Gasteiger partial charge on any atom is 0.336 e. The summed E-state index contributed by atoms with van der Waals surface area (Å²) < 4.78 is 9.48. The third kappa shape index (κ3) is 1.27. The fraction of sp³-hybridized carbons (Fsp3) is 0.833. The van der Waals surface area contributed by atoms with Crippen molar-refractivity contribution in [1.29, 1.82) is 0 Å². The zero-order chi connectivity index (χ0) is 7.56. The average Bonchev–Trinajstić information content (AvgIpc) is 2.34. The first-order valence-corrected chi connectivity index (χ1v) is 3.20. The van der Waals surface area contributed by atoms with E-state index >= 15 is 0 Å². The minimum atomic E-state index is -0.537. The predicted molar refractivity (Wildman–Crippen MR) is 34.3 cm³/mol. The lowest BCUT2D eigenvalue weighted by Gasteiger charge is -2.10. The van der Waals surface area contributed by atoms with Crippen LogP contribution < -0.4 is 5.73 Å². The van der Waals surface area contributed by atoms with E-state index in [4.69, 9.17) is 10.5 Å². The number of methoxy groups -OCH3 is 1. The van der Waals surface area contributed by atoms with E-state index in [2.05, 4.69) is 4.74 Å². The lowest BCUT2D eigenvalue weighted by molar-refractivity contribution is -0.151. The fourth-order valence-corrected chi connectivity index (χ4v) is 0.965. The summed E-state index contributed by atoms with van der Waals surface area (Å²) >= 11 is 0. The Kier molecular flexibility index (Phi) is 2.24. The molecule has 4 heteroatoms. The first-order chi connectivity index (χ1) is 4.75. The predicted octanol–water partition coefficient (Wildman–Crippen LogP) is -0.724. The van der Waals surface area contributed by atoms with Gasteiger partial charge in [-0.25, -0.2) is 4.79 Å². The second-order valence-electron chi connectivity index (χ2n) is 2.27. The van der Waals surface area contributed by atoms with Crippen LogP contribution in [0.25, 0.3) is 0 Å². The normalized spacial score (nSPS) is 32.2. The van der Waals surface area contributed by atoms with Gasteiger partial charge in [-0.15, -0.1) is 0 Å². The molecule has 1 aliphatic rings. The molecule has 0 spiro atoms. The van der Waals surface area contributed by atoms with Gasteiger partial charge in [0.15, 0.2) is 6.10 Å². The number of ether oxygens (including phenoxy) is 2. The van der Waals surface area contributed by atoms with Crippen LogP contribution in [0, 0.1) is 0 Å². The van der Waals surface area contributed by atoms with Crippen molar-refractivity contribution >= 4 is 5.97 Å². The lowest BCUT2D eigenvalue weighted by atomic mass is 10.1. The van der Waals surface area contributed by atoms with E-state index < -0.39 is 6.10 Å². The summed E-state index contributed by atoms with van der Waals surface area (Å²) in [5.41, 5.74) is 5.53. The zero-order valence-electron chi connectivity index (χ0n) is 5.87. The van der Waals surface area contributed by atoms with Crippen molar-refractivity contribution in [3.05, 3.63) is 0 Å². The maximum absolute atomic E-state index is 10.8. The summed E-state index contributed by atoms with van der Waals surface area (Å²) in [6.45, 7) is 0.556. The SMILES string of the molecule is COC(=O)[C@H]1OCC[C@H]1N. The van der Waals surface area contributed by atoms with E-state index in [1.807, 2.05) is 0 Å². The van der Waals surface area contributed by atoms with Gasteiger partial charge in [0.2, 0.25) is 0 Å². The van der Waals surface area contributed by atoms with Crippen LogP contribution in [0.4, 0.5) is 0 Å². The molecule has 0 unspecified atom stereocenters. The van der Waals surface area contributed by atoms with Crippen LogP contribution in [0.2, 0.25) is 0 Å². The molecule has 58 valence electrons. The number of esters is 1. The van der Waals surface area contributed by atoms with Gasteiger partial charge < -0.3 is 15.2 Å². The highest BCUT2D eigenvalue weighted by Gasteiger charge is 2.31. The molecule has 0 aromatic heterocycles. The van der Waals surface area contributed by atoms with Crippen molar-refractivity contribution in [3.8, 4) is 0 Å². The third-order valence-corrected chi connectivity index (χ3v) is 1.57. The second kappa shape index (κ2) is 2.98. The highest BCUT2D eigenvalue weighted by atomic mass is 16.6. The van der Waals surface area contributed by atoms with Crippen molar-refractivity contribution in [1.82, 2.24) is 0 Å². The van der Waals surface area contributed by atoms with Crippen molar-refractivity contribution in [2.45, 2.75) is 18.6 Å². The molecule has 0 saturated carbocycles.